The van der Waals surface area contributed by atoms with Gasteiger partial charge in [0.05, 0.1) is 32.5 Å². The highest BCUT2D eigenvalue weighted by Crippen LogP contribution is 2.44. The van der Waals surface area contributed by atoms with Crippen molar-refractivity contribution in [3.63, 3.8) is 0 Å². The summed E-state index contributed by atoms with van der Waals surface area (Å²) in [5.74, 6) is 0. The molecule has 0 N–H and O–H groups in total. The van der Waals surface area contributed by atoms with Crippen molar-refractivity contribution in [2.45, 2.75) is 0 Å². The van der Waals surface area contributed by atoms with Gasteiger partial charge in [0.25, 0.3) is 0 Å². The Bertz CT molecular complexity index is 2640. The predicted molar refractivity (Wildman–Crippen MR) is 174 cm³/mol. The van der Waals surface area contributed by atoms with Crippen LogP contribution in [0.5, 0.6) is 0 Å². The number of pyridine rings is 1. The summed E-state index contributed by atoms with van der Waals surface area (Å²) < 4.78 is 7.47. The lowest BCUT2D eigenvalue weighted by atomic mass is 10.1. The van der Waals surface area contributed by atoms with Gasteiger partial charge in [0.2, 0.25) is 0 Å². The van der Waals surface area contributed by atoms with Crippen LogP contribution in [0.3, 0.4) is 0 Å². The maximum absolute atomic E-state index is 5.06. The van der Waals surface area contributed by atoms with E-state index in [2.05, 4.69) is 136 Å². The van der Waals surface area contributed by atoms with Crippen LogP contribution in [0.15, 0.2) is 127 Å². The highest BCUT2D eigenvalue weighted by atomic mass is 32.1. The quantitative estimate of drug-likeness (QED) is 0.214. The topological polar surface area (TPSA) is 22.2 Å². The summed E-state index contributed by atoms with van der Waals surface area (Å²) in [5.41, 5.74) is 9.23. The van der Waals surface area contributed by atoms with Gasteiger partial charge in [-0.1, -0.05) is 91.0 Å². The molecular weight excluding hydrogens is 518 g/mol. The second-order valence-electron chi connectivity index (χ2n) is 10.8. The van der Waals surface area contributed by atoms with Crippen LogP contribution in [0.4, 0.5) is 0 Å². The lowest BCUT2D eigenvalue weighted by Gasteiger charge is -2.09. The lowest BCUT2D eigenvalue weighted by Crippen LogP contribution is -1.93. The molecule has 5 aromatic carbocycles. The van der Waals surface area contributed by atoms with Crippen molar-refractivity contribution in [1.82, 2.24) is 14.0 Å². The van der Waals surface area contributed by atoms with Gasteiger partial charge in [-0.15, -0.1) is 11.3 Å². The molecule has 190 valence electrons. The second-order valence-corrected chi connectivity index (χ2v) is 11.9. The number of rotatable bonds is 2. The summed E-state index contributed by atoms with van der Waals surface area (Å²) in [6.07, 6.45) is 0. The van der Waals surface area contributed by atoms with Crippen LogP contribution >= 0.6 is 11.3 Å². The molecule has 0 atom stereocenters. The SMILES string of the molecule is c1ccc(-c2nc3cccc4c5cc(-n6c7ccccc7c7ccc8c9ccccc9sc8c76)ccc5c2n34)cc1. The summed E-state index contributed by atoms with van der Waals surface area (Å²) in [5, 5.41) is 7.70. The van der Waals surface area contributed by atoms with E-state index in [1.807, 2.05) is 11.3 Å². The molecule has 0 spiro atoms. The highest BCUT2D eigenvalue weighted by Gasteiger charge is 2.21. The van der Waals surface area contributed by atoms with E-state index >= 15 is 0 Å². The number of hydrogen-bond donors (Lipinski definition) is 0. The van der Waals surface area contributed by atoms with E-state index in [0.717, 1.165) is 16.9 Å². The van der Waals surface area contributed by atoms with E-state index in [4.69, 9.17) is 4.98 Å². The van der Waals surface area contributed by atoms with Crippen LogP contribution in [0.2, 0.25) is 0 Å². The summed E-state index contributed by atoms with van der Waals surface area (Å²) in [4.78, 5) is 5.06. The summed E-state index contributed by atoms with van der Waals surface area (Å²) in [6.45, 7) is 0. The Kier molecular flexibility index (Phi) is 4.07. The third-order valence-electron chi connectivity index (χ3n) is 8.66. The van der Waals surface area contributed by atoms with Crippen molar-refractivity contribution in [2.75, 3.05) is 0 Å². The molecule has 0 aliphatic rings. The Morgan fingerprint density at radius 1 is 0.512 bits per heavy atom. The molecule has 0 aliphatic carbocycles. The van der Waals surface area contributed by atoms with Crippen molar-refractivity contribution in [3.8, 4) is 16.9 Å². The number of thiophene rings is 1. The first-order valence-electron chi connectivity index (χ1n) is 13.9. The first-order chi connectivity index (χ1) is 20.3. The van der Waals surface area contributed by atoms with Crippen molar-refractivity contribution in [2.24, 2.45) is 0 Å². The Morgan fingerprint density at radius 2 is 1.24 bits per heavy atom. The number of benzene rings is 5. The summed E-state index contributed by atoms with van der Waals surface area (Å²) >= 11 is 1.89. The van der Waals surface area contributed by atoms with Crippen LogP contribution in [-0.2, 0) is 0 Å². The zero-order valence-electron chi connectivity index (χ0n) is 21.9. The van der Waals surface area contributed by atoms with Crippen LogP contribution < -0.4 is 0 Å². The number of hydrogen-bond acceptors (Lipinski definition) is 2. The minimum Gasteiger partial charge on any atom is -0.308 e. The fourth-order valence-corrected chi connectivity index (χ4v) is 8.18. The largest absolute Gasteiger partial charge is 0.308 e. The van der Waals surface area contributed by atoms with E-state index in [1.165, 1.54) is 69.5 Å². The van der Waals surface area contributed by atoms with Gasteiger partial charge in [-0.05, 0) is 36.4 Å². The molecule has 0 unspecified atom stereocenters. The number of fused-ring (bicyclic) bond motifs is 10. The van der Waals surface area contributed by atoms with Crippen LogP contribution in [-0.4, -0.2) is 14.0 Å². The first kappa shape index (κ1) is 21.6. The standard InChI is InChI=1S/C37H21N3S/c1-2-9-22(10-3-1)34-35-27-18-17-23(21-29(27)31-14-8-16-33(38-34)40(31)35)39-30-13-6-4-11-24(30)26-19-20-28-25-12-5-7-15-32(25)41-37(28)36(26)39/h1-21H. The molecule has 10 rings (SSSR count). The van der Waals surface area contributed by atoms with E-state index in [0.29, 0.717) is 0 Å². The molecule has 41 heavy (non-hydrogen) atoms. The smallest absolute Gasteiger partial charge is 0.138 e. The molecule has 0 aliphatic heterocycles. The fraction of sp³-hybridized carbons (Fsp3) is 0. The molecule has 5 heterocycles. The van der Waals surface area contributed by atoms with Gasteiger partial charge < -0.3 is 4.57 Å². The molecule has 3 nitrogen and oxygen atoms in total. The summed E-state index contributed by atoms with van der Waals surface area (Å²) in [6, 6.07) is 46.1. The minimum atomic E-state index is 0.984. The maximum atomic E-state index is 5.06. The van der Waals surface area contributed by atoms with E-state index in [9.17, 15) is 0 Å². The minimum absolute atomic E-state index is 0.984. The maximum Gasteiger partial charge on any atom is 0.138 e. The van der Waals surface area contributed by atoms with Gasteiger partial charge in [-0.3, -0.25) is 4.40 Å². The molecule has 5 aromatic heterocycles. The van der Waals surface area contributed by atoms with E-state index < -0.39 is 0 Å². The number of imidazole rings is 1. The van der Waals surface area contributed by atoms with E-state index in [-0.39, 0.29) is 0 Å². The fourth-order valence-electron chi connectivity index (χ4n) is 6.94. The van der Waals surface area contributed by atoms with Gasteiger partial charge in [-0.2, -0.15) is 0 Å². The average Bonchev–Trinajstić information content (AvgIpc) is 3.77. The van der Waals surface area contributed by atoms with Crippen molar-refractivity contribution >= 4 is 80.8 Å². The normalized spacial score (nSPS) is 12.4. The van der Waals surface area contributed by atoms with Gasteiger partial charge in [0.15, 0.2) is 0 Å². The third-order valence-corrected chi connectivity index (χ3v) is 9.86. The van der Waals surface area contributed by atoms with Crippen LogP contribution in [0.25, 0.3) is 86.4 Å². The van der Waals surface area contributed by atoms with Crippen molar-refractivity contribution in [3.05, 3.63) is 127 Å². The van der Waals surface area contributed by atoms with Crippen molar-refractivity contribution < 1.29 is 0 Å². The zero-order chi connectivity index (χ0) is 26.7. The Morgan fingerprint density at radius 3 is 2.17 bits per heavy atom. The molecule has 10 aromatic rings. The zero-order valence-corrected chi connectivity index (χ0v) is 22.7. The third kappa shape index (κ3) is 2.75. The summed E-state index contributed by atoms with van der Waals surface area (Å²) in [7, 11) is 0. The lowest BCUT2D eigenvalue weighted by molar-refractivity contribution is 1.19. The van der Waals surface area contributed by atoms with Gasteiger partial charge in [0, 0.05) is 48.3 Å². The van der Waals surface area contributed by atoms with Crippen LogP contribution in [0, 0.1) is 0 Å². The Labute approximate surface area is 238 Å². The van der Waals surface area contributed by atoms with E-state index in [1.54, 1.807) is 0 Å². The van der Waals surface area contributed by atoms with Gasteiger partial charge in [0.1, 0.15) is 5.65 Å². The van der Waals surface area contributed by atoms with Gasteiger partial charge in [-0.25, -0.2) is 4.98 Å². The highest BCUT2D eigenvalue weighted by molar-refractivity contribution is 7.26. The first-order valence-corrected chi connectivity index (χ1v) is 14.7. The molecular formula is C37H21N3S. The number of aromatic nitrogens is 3. The van der Waals surface area contributed by atoms with Crippen LogP contribution in [0.1, 0.15) is 0 Å². The van der Waals surface area contributed by atoms with Crippen molar-refractivity contribution in [1.29, 1.82) is 0 Å². The Hall–Kier alpha value is -5.19. The Balaban J connectivity index is 1.34. The van der Waals surface area contributed by atoms with Gasteiger partial charge >= 0.3 is 0 Å². The molecule has 0 fully saturated rings. The average molecular weight is 540 g/mol. The monoisotopic (exact) mass is 539 g/mol. The number of nitrogens with zero attached hydrogens (tertiary/aromatic N) is 3. The molecule has 0 radical (unpaired) electrons. The molecule has 0 saturated heterocycles. The predicted octanol–water partition coefficient (Wildman–Crippen LogP) is 10.2. The molecule has 0 saturated carbocycles. The molecule has 0 amide bonds. The second kappa shape index (κ2) is 7.72. The molecule has 4 heteroatoms. The number of para-hydroxylation sites is 1. The molecule has 0 bridgehead atoms.